The van der Waals surface area contributed by atoms with E-state index in [1.54, 1.807) is 30.3 Å². The van der Waals surface area contributed by atoms with E-state index in [4.69, 9.17) is 39.5 Å². The Morgan fingerprint density at radius 1 is 1.05 bits per heavy atom. The minimum Gasteiger partial charge on any atom is -0.482 e. The number of carbonyl (C=O) groups excluding carboxylic acids is 2. The summed E-state index contributed by atoms with van der Waals surface area (Å²) in [4.78, 5) is 36.1. The molecule has 2 aliphatic rings. The molecule has 7 nitrogen and oxygen atoms in total. The molecule has 0 aliphatic carbocycles. The van der Waals surface area contributed by atoms with Crippen LogP contribution in [-0.2, 0) is 9.59 Å². The van der Waals surface area contributed by atoms with Crippen molar-refractivity contribution >= 4 is 52.3 Å². The molecule has 3 aromatic rings. The zero-order valence-corrected chi connectivity index (χ0v) is 23.1. The van der Waals surface area contributed by atoms with Crippen molar-refractivity contribution < 1.29 is 14.3 Å². The Morgan fingerprint density at radius 3 is 2.55 bits per heavy atom. The van der Waals surface area contributed by atoms with Crippen molar-refractivity contribution in [2.24, 2.45) is 0 Å². The van der Waals surface area contributed by atoms with Crippen LogP contribution < -0.4 is 9.64 Å². The van der Waals surface area contributed by atoms with Crippen molar-refractivity contribution in [3.8, 4) is 16.9 Å². The molecule has 1 atom stereocenters. The first-order valence-corrected chi connectivity index (χ1v) is 13.6. The van der Waals surface area contributed by atoms with Gasteiger partial charge >= 0.3 is 0 Å². The number of nitrogens with zero attached hydrogens (tertiary/aromatic N) is 4. The van der Waals surface area contributed by atoms with E-state index in [1.807, 2.05) is 30.3 Å². The minimum absolute atomic E-state index is 0.139. The van der Waals surface area contributed by atoms with Crippen molar-refractivity contribution in [3.05, 3.63) is 75.5 Å². The number of likely N-dealkylation sites (N-methyl/N-ethyl adjacent to an activating group) is 1. The summed E-state index contributed by atoms with van der Waals surface area (Å²) in [6.07, 6.45) is 3.96. The highest BCUT2D eigenvalue weighted by Crippen LogP contribution is 2.39. The molecule has 2 aliphatic heterocycles. The normalized spacial score (nSPS) is 16.2. The van der Waals surface area contributed by atoms with Crippen LogP contribution in [0.3, 0.4) is 0 Å². The van der Waals surface area contributed by atoms with Crippen molar-refractivity contribution in [2.75, 3.05) is 44.7 Å². The van der Waals surface area contributed by atoms with Gasteiger partial charge in [0, 0.05) is 25.9 Å². The van der Waals surface area contributed by atoms with Gasteiger partial charge in [-0.05, 0) is 66.9 Å². The first-order chi connectivity index (χ1) is 18.3. The summed E-state index contributed by atoms with van der Waals surface area (Å²) in [6.45, 7) is 2.37. The summed E-state index contributed by atoms with van der Waals surface area (Å²) in [5.41, 5.74) is 3.38. The van der Waals surface area contributed by atoms with Crippen LogP contribution in [0.5, 0.6) is 5.75 Å². The number of ether oxygens (including phenoxy) is 1. The number of amides is 2. The minimum atomic E-state index is -0.315. The van der Waals surface area contributed by atoms with Gasteiger partial charge in [-0.15, -0.1) is 0 Å². The molecule has 38 heavy (non-hydrogen) atoms. The summed E-state index contributed by atoms with van der Waals surface area (Å²) < 4.78 is 5.53. The van der Waals surface area contributed by atoms with E-state index in [0.717, 1.165) is 42.6 Å². The number of likely N-dealkylation sites (tertiary alicyclic amines) is 1. The summed E-state index contributed by atoms with van der Waals surface area (Å²) in [5.74, 6) is -0.0871. The number of pyridine rings is 1. The molecule has 0 N–H and O–H groups in total. The van der Waals surface area contributed by atoms with E-state index in [0.29, 0.717) is 28.2 Å². The molecule has 0 radical (unpaired) electrons. The molecular formula is C28H27Cl3N4O3. The number of hydrogen-bond donors (Lipinski definition) is 0. The number of benzene rings is 2. The molecule has 0 saturated carbocycles. The van der Waals surface area contributed by atoms with Gasteiger partial charge in [0.05, 0.1) is 21.8 Å². The van der Waals surface area contributed by atoms with Crippen LogP contribution in [0.15, 0.2) is 54.7 Å². The Morgan fingerprint density at radius 2 is 1.79 bits per heavy atom. The average molecular weight is 574 g/mol. The van der Waals surface area contributed by atoms with Crippen molar-refractivity contribution in [2.45, 2.75) is 18.9 Å². The molecule has 1 saturated heterocycles. The lowest BCUT2D eigenvalue weighted by Crippen LogP contribution is -2.47. The predicted octanol–water partition coefficient (Wildman–Crippen LogP) is 5.73. The Kier molecular flexibility index (Phi) is 8.09. The predicted molar refractivity (Wildman–Crippen MR) is 150 cm³/mol. The van der Waals surface area contributed by atoms with Crippen LogP contribution in [0, 0.1) is 0 Å². The summed E-state index contributed by atoms with van der Waals surface area (Å²) >= 11 is 18.5. The largest absolute Gasteiger partial charge is 0.482 e. The Labute approximate surface area is 236 Å². The highest BCUT2D eigenvalue weighted by Gasteiger charge is 2.32. The van der Waals surface area contributed by atoms with E-state index < -0.39 is 0 Å². The third-order valence-corrected chi connectivity index (χ3v) is 7.99. The van der Waals surface area contributed by atoms with Crippen molar-refractivity contribution in [1.82, 2.24) is 14.8 Å². The van der Waals surface area contributed by atoms with Gasteiger partial charge in [0.25, 0.3) is 5.91 Å². The number of fused-ring (bicyclic) bond motifs is 1. The first-order valence-electron chi connectivity index (χ1n) is 12.4. The average Bonchev–Trinajstić information content (AvgIpc) is 3.43. The zero-order valence-electron chi connectivity index (χ0n) is 20.9. The number of hydrogen-bond acceptors (Lipinski definition) is 5. The van der Waals surface area contributed by atoms with Gasteiger partial charge in [-0.3, -0.25) is 14.5 Å². The fraction of sp³-hybridized carbons (Fsp3) is 0.321. The molecule has 3 heterocycles. The monoisotopic (exact) mass is 572 g/mol. The van der Waals surface area contributed by atoms with Gasteiger partial charge in [-0.25, -0.2) is 4.98 Å². The topological polar surface area (TPSA) is 66.0 Å². The smallest absolute Gasteiger partial charge is 0.265 e. The number of rotatable bonds is 7. The summed E-state index contributed by atoms with van der Waals surface area (Å²) in [6, 6.07) is 14.8. The van der Waals surface area contributed by atoms with Crippen molar-refractivity contribution in [3.63, 3.8) is 0 Å². The number of halogens is 3. The second-order valence-electron chi connectivity index (χ2n) is 9.52. The molecule has 198 valence electrons. The van der Waals surface area contributed by atoms with E-state index in [1.165, 1.54) is 4.90 Å². The first kappa shape index (κ1) is 26.8. The highest BCUT2D eigenvalue weighted by atomic mass is 35.5. The number of anilines is 1. The Balaban J connectivity index is 1.43. The lowest BCUT2D eigenvalue weighted by atomic mass is 9.98. The van der Waals surface area contributed by atoms with Crippen LogP contribution >= 0.6 is 34.8 Å². The fourth-order valence-corrected chi connectivity index (χ4v) is 5.44. The molecule has 2 aromatic carbocycles. The lowest BCUT2D eigenvalue weighted by Gasteiger charge is -2.35. The van der Waals surface area contributed by atoms with Gasteiger partial charge < -0.3 is 14.5 Å². The van der Waals surface area contributed by atoms with E-state index in [-0.39, 0.29) is 36.0 Å². The Hall–Kier alpha value is -2.84. The van der Waals surface area contributed by atoms with Gasteiger partial charge in [-0.1, -0.05) is 53.0 Å². The Bertz CT molecular complexity index is 1360. The molecule has 1 fully saturated rings. The molecule has 1 unspecified atom stereocenters. The van der Waals surface area contributed by atoms with Crippen molar-refractivity contribution in [1.29, 1.82) is 0 Å². The lowest BCUT2D eigenvalue weighted by molar-refractivity contribution is -0.133. The molecule has 2 amide bonds. The standard InChI is InChI=1S/C28H27Cl3N4O3/c1-33(27(36)16-35-23-13-21(29)22(30)14-25(23)38-17-28(35)37)24(15-34-9-2-3-10-34)20-6-4-5-18(11-20)19-7-8-32-26(31)12-19/h4-8,11-14,24H,2-3,9-10,15-17H2,1H3. The molecule has 0 bridgehead atoms. The van der Waals surface area contributed by atoms with Crippen LogP contribution in [0.25, 0.3) is 11.1 Å². The second kappa shape index (κ2) is 11.5. The summed E-state index contributed by atoms with van der Waals surface area (Å²) in [7, 11) is 1.79. The molecular weight excluding hydrogens is 547 g/mol. The maximum Gasteiger partial charge on any atom is 0.265 e. The van der Waals surface area contributed by atoms with Crippen LogP contribution in [0.1, 0.15) is 24.4 Å². The van der Waals surface area contributed by atoms with Crippen LogP contribution in [0.2, 0.25) is 15.2 Å². The maximum absolute atomic E-state index is 13.7. The third kappa shape index (κ3) is 5.76. The van der Waals surface area contributed by atoms with Crippen LogP contribution in [-0.4, -0.2) is 66.4 Å². The van der Waals surface area contributed by atoms with Gasteiger partial charge in [0.1, 0.15) is 17.4 Å². The van der Waals surface area contributed by atoms with E-state index in [2.05, 4.69) is 16.0 Å². The maximum atomic E-state index is 13.7. The van der Waals surface area contributed by atoms with Gasteiger partial charge in [-0.2, -0.15) is 0 Å². The van der Waals surface area contributed by atoms with Gasteiger partial charge in [0.2, 0.25) is 5.91 Å². The van der Waals surface area contributed by atoms with E-state index in [9.17, 15) is 9.59 Å². The highest BCUT2D eigenvalue weighted by molar-refractivity contribution is 6.42. The summed E-state index contributed by atoms with van der Waals surface area (Å²) in [5, 5.41) is 1.03. The number of aromatic nitrogens is 1. The molecule has 0 spiro atoms. The second-order valence-corrected chi connectivity index (χ2v) is 10.7. The van der Waals surface area contributed by atoms with Crippen LogP contribution in [0.4, 0.5) is 5.69 Å². The quantitative estimate of drug-likeness (QED) is 0.338. The van der Waals surface area contributed by atoms with Gasteiger partial charge in [0.15, 0.2) is 6.61 Å². The SMILES string of the molecule is CN(C(=O)CN1C(=O)COc2cc(Cl)c(Cl)cc21)C(CN1CCCC1)c1cccc(-c2ccnc(Cl)c2)c1. The molecule has 1 aromatic heterocycles. The fourth-order valence-electron chi connectivity index (χ4n) is 4.96. The van der Waals surface area contributed by atoms with E-state index >= 15 is 0 Å². The third-order valence-electron chi connectivity index (χ3n) is 7.06. The molecule has 5 rings (SSSR count). The zero-order chi connectivity index (χ0) is 26.8. The molecule has 10 heteroatoms. The number of carbonyl (C=O) groups is 2.